The highest BCUT2D eigenvalue weighted by Crippen LogP contribution is 2.36. The Kier molecular flexibility index (Phi) is 4.86. The molecule has 82 valence electrons. The highest BCUT2D eigenvalue weighted by atomic mass is 28.4. The lowest BCUT2D eigenvalue weighted by Gasteiger charge is -2.35. The van der Waals surface area contributed by atoms with Gasteiger partial charge >= 0.3 is 0 Å². The molecule has 0 spiro atoms. The molecule has 0 heterocycles. The standard InChI is InChI=1S/C11H22O2Si/c1-10(12)8-7-9-13-14(5,6)11(2,3)4/h10,12H,9H2,1-6H3/t10-/m0/s1. The van der Waals surface area contributed by atoms with Gasteiger partial charge in [-0.15, -0.1) is 0 Å². The van der Waals surface area contributed by atoms with Crippen molar-refractivity contribution in [3.8, 4) is 11.8 Å². The lowest BCUT2D eigenvalue weighted by Crippen LogP contribution is -2.40. The average Bonchev–Trinajstić information content (AvgIpc) is 1.95. The number of aliphatic hydroxyl groups is 1. The third kappa shape index (κ3) is 4.80. The van der Waals surface area contributed by atoms with Crippen LogP contribution in [0.1, 0.15) is 27.7 Å². The van der Waals surface area contributed by atoms with Gasteiger partial charge in [-0.2, -0.15) is 0 Å². The van der Waals surface area contributed by atoms with E-state index >= 15 is 0 Å². The summed E-state index contributed by atoms with van der Waals surface area (Å²) in [5.41, 5.74) is 0. The smallest absolute Gasteiger partial charge is 0.193 e. The van der Waals surface area contributed by atoms with Gasteiger partial charge in [-0.25, -0.2) is 0 Å². The summed E-state index contributed by atoms with van der Waals surface area (Å²) in [7, 11) is -1.66. The predicted molar refractivity (Wildman–Crippen MR) is 62.6 cm³/mol. The summed E-state index contributed by atoms with van der Waals surface area (Å²) >= 11 is 0. The van der Waals surface area contributed by atoms with Crippen molar-refractivity contribution in [2.24, 2.45) is 0 Å². The van der Waals surface area contributed by atoms with Crippen molar-refractivity contribution < 1.29 is 9.53 Å². The molecule has 0 rings (SSSR count). The lowest BCUT2D eigenvalue weighted by atomic mass is 10.2. The molecule has 0 fully saturated rings. The molecule has 0 aromatic heterocycles. The molecule has 3 heteroatoms. The minimum absolute atomic E-state index is 0.222. The number of aliphatic hydroxyl groups excluding tert-OH is 1. The molecular weight excluding hydrogens is 192 g/mol. The summed E-state index contributed by atoms with van der Waals surface area (Å²) in [5.74, 6) is 5.50. The van der Waals surface area contributed by atoms with Gasteiger partial charge in [0.2, 0.25) is 0 Å². The maximum atomic E-state index is 8.92. The molecule has 0 radical (unpaired) electrons. The first-order valence-electron chi connectivity index (χ1n) is 4.97. The van der Waals surface area contributed by atoms with Gasteiger partial charge in [-0.3, -0.25) is 0 Å². The van der Waals surface area contributed by atoms with Gasteiger partial charge < -0.3 is 9.53 Å². The highest BCUT2D eigenvalue weighted by molar-refractivity contribution is 6.74. The minimum atomic E-state index is -1.66. The van der Waals surface area contributed by atoms with Crippen LogP contribution >= 0.6 is 0 Å². The molecule has 1 atom stereocenters. The summed E-state index contributed by atoms with van der Waals surface area (Å²) < 4.78 is 5.80. The van der Waals surface area contributed by atoms with Crippen molar-refractivity contribution >= 4 is 8.32 Å². The second kappa shape index (κ2) is 4.97. The lowest BCUT2D eigenvalue weighted by molar-refractivity contribution is 0.252. The zero-order chi connectivity index (χ0) is 11.4. The van der Waals surface area contributed by atoms with E-state index in [2.05, 4.69) is 45.7 Å². The first-order valence-corrected chi connectivity index (χ1v) is 7.88. The molecule has 0 bridgehead atoms. The van der Waals surface area contributed by atoms with Gasteiger partial charge in [-0.1, -0.05) is 32.6 Å². The molecule has 0 unspecified atom stereocenters. The van der Waals surface area contributed by atoms with Gasteiger partial charge in [0.05, 0.1) is 6.61 Å². The van der Waals surface area contributed by atoms with Gasteiger partial charge in [-0.05, 0) is 25.1 Å². The third-order valence-corrected chi connectivity index (χ3v) is 7.10. The van der Waals surface area contributed by atoms with Crippen LogP contribution in [0.5, 0.6) is 0 Å². The van der Waals surface area contributed by atoms with Crippen molar-refractivity contribution in [2.45, 2.75) is 51.9 Å². The largest absolute Gasteiger partial charge is 0.406 e. The molecule has 0 aliphatic heterocycles. The summed E-state index contributed by atoms with van der Waals surface area (Å²) in [6, 6.07) is 0. The maximum absolute atomic E-state index is 8.92. The highest BCUT2D eigenvalue weighted by Gasteiger charge is 2.36. The topological polar surface area (TPSA) is 29.5 Å². The summed E-state index contributed by atoms with van der Waals surface area (Å²) in [5, 5.41) is 9.15. The van der Waals surface area contributed by atoms with Crippen LogP contribution in [0.4, 0.5) is 0 Å². The van der Waals surface area contributed by atoms with E-state index in [1.165, 1.54) is 0 Å². The molecule has 2 nitrogen and oxygen atoms in total. The molecule has 14 heavy (non-hydrogen) atoms. The molecule has 0 saturated carbocycles. The molecule has 0 aromatic rings. The van der Waals surface area contributed by atoms with E-state index in [0.717, 1.165) is 0 Å². The van der Waals surface area contributed by atoms with Crippen LogP contribution in [0.15, 0.2) is 0 Å². The van der Waals surface area contributed by atoms with Crippen molar-refractivity contribution in [1.29, 1.82) is 0 Å². The van der Waals surface area contributed by atoms with Crippen LogP contribution in [-0.2, 0) is 4.43 Å². The van der Waals surface area contributed by atoms with E-state index in [9.17, 15) is 0 Å². The van der Waals surface area contributed by atoms with Crippen molar-refractivity contribution in [2.75, 3.05) is 6.61 Å². The first-order chi connectivity index (χ1) is 6.17. The molecule has 0 aliphatic rings. The molecule has 0 aromatic carbocycles. The number of hydrogen-bond acceptors (Lipinski definition) is 2. The molecule has 0 aliphatic carbocycles. The van der Waals surface area contributed by atoms with Crippen LogP contribution < -0.4 is 0 Å². The summed E-state index contributed by atoms with van der Waals surface area (Å²) in [4.78, 5) is 0. The van der Waals surface area contributed by atoms with Crippen molar-refractivity contribution in [3.05, 3.63) is 0 Å². The Morgan fingerprint density at radius 2 is 1.86 bits per heavy atom. The van der Waals surface area contributed by atoms with E-state index in [0.29, 0.717) is 6.61 Å². The second-order valence-electron chi connectivity index (χ2n) is 5.05. The summed E-state index contributed by atoms with van der Waals surface area (Å²) in [6.07, 6.45) is -0.557. The summed E-state index contributed by atoms with van der Waals surface area (Å²) in [6.45, 7) is 13.1. The Morgan fingerprint density at radius 3 is 2.21 bits per heavy atom. The van der Waals surface area contributed by atoms with Gasteiger partial charge in [0.1, 0.15) is 6.10 Å². The van der Waals surface area contributed by atoms with Crippen molar-refractivity contribution in [3.63, 3.8) is 0 Å². The minimum Gasteiger partial charge on any atom is -0.406 e. The SMILES string of the molecule is C[C@H](O)C#CCO[Si](C)(C)C(C)(C)C. The predicted octanol–water partition coefficient (Wildman–Crippen LogP) is 2.39. The van der Waals surface area contributed by atoms with E-state index in [1.807, 2.05) is 0 Å². The molecule has 0 amide bonds. The van der Waals surface area contributed by atoms with E-state index in [1.54, 1.807) is 6.92 Å². The molecule has 0 saturated heterocycles. The fraction of sp³-hybridized carbons (Fsp3) is 0.818. The van der Waals surface area contributed by atoms with E-state index < -0.39 is 14.4 Å². The van der Waals surface area contributed by atoms with Crippen molar-refractivity contribution in [1.82, 2.24) is 0 Å². The zero-order valence-corrected chi connectivity index (χ0v) is 11.1. The zero-order valence-electron chi connectivity index (χ0n) is 10.1. The fourth-order valence-corrected chi connectivity index (χ4v) is 1.49. The maximum Gasteiger partial charge on any atom is 0.193 e. The second-order valence-corrected chi connectivity index (χ2v) is 9.86. The van der Waals surface area contributed by atoms with Crippen LogP contribution in [0.3, 0.4) is 0 Å². The Balaban J connectivity index is 4.10. The monoisotopic (exact) mass is 214 g/mol. The van der Waals surface area contributed by atoms with Crippen LogP contribution in [0.2, 0.25) is 18.1 Å². The van der Waals surface area contributed by atoms with E-state index in [-0.39, 0.29) is 5.04 Å². The fourth-order valence-electron chi connectivity index (χ4n) is 0.622. The van der Waals surface area contributed by atoms with Gasteiger partial charge in [0.15, 0.2) is 8.32 Å². The van der Waals surface area contributed by atoms with Crippen LogP contribution in [-0.4, -0.2) is 26.1 Å². The molecular formula is C11H22O2Si. The Bertz CT molecular complexity index is 228. The quantitative estimate of drug-likeness (QED) is 0.565. The normalized spacial score (nSPS) is 14.5. The first kappa shape index (κ1) is 13.7. The Morgan fingerprint density at radius 1 is 1.36 bits per heavy atom. The number of hydrogen-bond donors (Lipinski definition) is 1. The number of rotatable bonds is 2. The van der Waals surface area contributed by atoms with Crippen LogP contribution in [0.25, 0.3) is 0 Å². The van der Waals surface area contributed by atoms with Gasteiger partial charge in [0.25, 0.3) is 0 Å². The Hall–Kier alpha value is -0.303. The molecule has 1 N–H and O–H groups in total. The average molecular weight is 214 g/mol. The third-order valence-electron chi connectivity index (χ3n) is 2.62. The van der Waals surface area contributed by atoms with Gasteiger partial charge in [0, 0.05) is 0 Å². The Labute approximate surface area is 88.8 Å². The van der Waals surface area contributed by atoms with Crippen LogP contribution in [0, 0.1) is 11.8 Å². The van der Waals surface area contributed by atoms with E-state index in [4.69, 9.17) is 9.53 Å².